The second-order valence-corrected chi connectivity index (χ2v) is 10.0. The number of benzene rings is 1. The van der Waals surface area contributed by atoms with Crippen LogP contribution in [0.4, 0.5) is 4.79 Å². The second kappa shape index (κ2) is 13.2. The topological polar surface area (TPSA) is 79.8 Å². The Bertz CT molecular complexity index is 794. The highest BCUT2D eigenvalue weighted by Crippen LogP contribution is 2.15. The van der Waals surface area contributed by atoms with Crippen molar-refractivity contribution < 1.29 is 19.4 Å². The first-order valence-electron chi connectivity index (χ1n) is 13.2. The van der Waals surface area contributed by atoms with Gasteiger partial charge in [-0.1, -0.05) is 30.3 Å². The van der Waals surface area contributed by atoms with Gasteiger partial charge in [-0.3, -0.25) is 14.6 Å². The van der Waals surface area contributed by atoms with Crippen molar-refractivity contribution in [2.24, 2.45) is 0 Å². The summed E-state index contributed by atoms with van der Waals surface area (Å²) in [7, 11) is 0. The summed E-state index contributed by atoms with van der Waals surface area (Å²) in [6, 6.07) is 10.7. The minimum absolute atomic E-state index is 0.0641. The Balaban J connectivity index is 1.05. The number of ether oxygens (including phenoxy) is 1. The van der Waals surface area contributed by atoms with E-state index in [1.165, 1.54) is 5.56 Å². The van der Waals surface area contributed by atoms with Crippen LogP contribution in [-0.4, -0.2) is 133 Å². The molecule has 3 saturated heterocycles. The van der Waals surface area contributed by atoms with Crippen molar-refractivity contribution in [1.29, 1.82) is 0 Å². The van der Waals surface area contributed by atoms with Crippen LogP contribution in [0.3, 0.4) is 0 Å². The maximum absolute atomic E-state index is 12.3. The molecule has 3 heterocycles. The highest BCUT2D eigenvalue weighted by Gasteiger charge is 2.32. The quantitative estimate of drug-likeness (QED) is 0.445. The maximum Gasteiger partial charge on any atom is 0.410 e. The Hall–Kier alpha value is -2.20. The number of rotatable bonds is 12. The number of amides is 1. The lowest BCUT2D eigenvalue weighted by atomic mass is 10.2. The van der Waals surface area contributed by atoms with Gasteiger partial charge >= 0.3 is 12.1 Å². The second-order valence-electron chi connectivity index (χ2n) is 10.0. The van der Waals surface area contributed by atoms with Crippen LogP contribution < -0.4 is 0 Å². The number of aliphatic carboxylic acids is 1. The van der Waals surface area contributed by atoms with E-state index in [4.69, 9.17) is 9.84 Å². The molecule has 3 fully saturated rings. The minimum atomic E-state index is -0.744. The highest BCUT2D eigenvalue weighted by molar-refractivity contribution is 5.69. The molecule has 0 spiro atoms. The third-order valence-electron chi connectivity index (χ3n) is 7.38. The van der Waals surface area contributed by atoms with E-state index in [9.17, 15) is 9.59 Å². The Kier molecular flexibility index (Phi) is 9.76. The zero-order chi connectivity index (χ0) is 24.5. The van der Waals surface area contributed by atoms with Gasteiger partial charge in [-0.05, 0) is 24.9 Å². The summed E-state index contributed by atoms with van der Waals surface area (Å²) in [5, 5.41) is 8.84. The lowest BCUT2D eigenvalue weighted by molar-refractivity contribution is -0.137. The molecule has 1 atom stereocenters. The summed E-state index contributed by atoms with van der Waals surface area (Å²) in [6.45, 7) is 12.9. The molecule has 0 aromatic heterocycles. The van der Waals surface area contributed by atoms with Gasteiger partial charge in [0.15, 0.2) is 0 Å². The van der Waals surface area contributed by atoms with E-state index in [2.05, 4.69) is 49.9 Å². The number of carbonyl (C=O) groups excluding carboxylic acids is 1. The number of carboxylic acid groups (broad SMARTS) is 1. The summed E-state index contributed by atoms with van der Waals surface area (Å²) in [4.78, 5) is 34.5. The Morgan fingerprint density at radius 2 is 1.43 bits per heavy atom. The standard InChI is InChI=1S/C26H41N5O4/c32-25(33)8-11-28-14-18-30(19-15-28)21-24-22-31(26(34)35-24)10-5-4-9-27-12-16-29(17-13-27)20-23-6-2-1-3-7-23/h1-3,6-7,24H,4-5,8-22H2,(H,32,33). The average molecular weight is 488 g/mol. The third kappa shape index (κ3) is 8.45. The van der Waals surface area contributed by atoms with Crippen molar-refractivity contribution >= 4 is 12.1 Å². The summed E-state index contributed by atoms with van der Waals surface area (Å²) >= 11 is 0. The van der Waals surface area contributed by atoms with Gasteiger partial charge in [0.1, 0.15) is 6.10 Å². The molecule has 0 bridgehead atoms. The summed E-state index contributed by atoms with van der Waals surface area (Å²) in [6.07, 6.45) is 2.06. The molecule has 1 aromatic carbocycles. The van der Waals surface area contributed by atoms with E-state index in [1.54, 1.807) is 0 Å². The molecule has 9 nitrogen and oxygen atoms in total. The fourth-order valence-electron chi connectivity index (χ4n) is 5.24. The van der Waals surface area contributed by atoms with Crippen molar-refractivity contribution in [2.75, 3.05) is 85.1 Å². The molecule has 1 N–H and O–H groups in total. The van der Waals surface area contributed by atoms with E-state index in [-0.39, 0.29) is 18.6 Å². The fourth-order valence-corrected chi connectivity index (χ4v) is 5.24. The first kappa shape index (κ1) is 25.9. The molecule has 0 radical (unpaired) electrons. The molecule has 3 aliphatic rings. The van der Waals surface area contributed by atoms with Crippen molar-refractivity contribution in [3.05, 3.63) is 35.9 Å². The van der Waals surface area contributed by atoms with Gasteiger partial charge in [0.25, 0.3) is 0 Å². The number of cyclic esters (lactones) is 1. The van der Waals surface area contributed by atoms with Crippen LogP contribution in [0.15, 0.2) is 30.3 Å². The first-order valence-corrected chi connectivity index (χ1v) is 13.2. The van der Waals surface area contributed by atoms with E-state index in [0.29, 0.717) is 13.1 Å². The van der Waals surface area contributed by atoms with Crippen molar-refractivity contribution in [1.82, 2.24) is 24.5 Å². The van der Waals surface area contributed by atoms with Crippen LogP contribution in [0.5, 0.6) is 0 Å². The average Bonchev–Trinajstić information content (AvgIpc) is 3.21. The zero-order valence-electron chi connectivity index (χ0n) is 20.9. The molecule has 9 heteroatoms. The minimum Gasteiger partial charge on any atom is -0.481 e. The molecule has 3 aliphatic heterocycles. The lowest BCUT2D eigenvalue weighted by Gasteiger charge is -2.35. The number of carbonyl (C=O) groups is 2. The van der Waals surface area contributed by atoms with Crippen molar-refractivity contribution in [2.45, 2.75) is 31.9 Å². The number of hydrogen-bond acceptors (Lipinski definition) is 7. The number of piperazine rings is 2. The van der Waals surface area contributed by atoms with Crippen LogP contribution in [0, 0.1) is 0 Å². The Labute approximate surface area is 209 Å². The molecular weight excluding hydrogens is 446 g/mol. The number of nitrogens with zero attached hydrogens (tertiary/aromatic N) is 5. The monoisotopic (exact) mass is 487 g/mol. The van der Waals surface area contributed by atoms with E-state index in [1.807, 2.05) is 4.90 Å². The SMILES string of the molecule is O=C(O)CCN1CCN(CC2CN(CCCCN3CCN(Cc4ccccc4)CC3)C(=O)O2)CC1. The van der Waals surface area contributed by atoms with Crippen LogP contribution in [0.25, 0.3) is 0 Å². The van der Waals surface area contributed by atoms with Gasteiger partial charge in [-0.25, -0.2) is 4.79 Å². The lowest BCUT2D eigenvalue weighted by Crippen LogP contribution is -2.49. The Morgan fingerprint density at radius 3 is 2.11 bits per heavy atom. The number of hydrogen-bond donors (Lipinski definition) is 1. The van der Waals surface area contributed by atoms with E-state index in [0.717, 1.165) is 91.4 Å². The molecule has 0 aliphatic carbocycles. The van der Waals surface area contributed by atoms with Gasteiger partial charge in [0.05, 0.1) is 13.0 Å². The maximum atomic E-state index is 12.3. The smallest absolute Gasteiger partial charge is 0.410 e. The van der Waals surface area contributed by atoms with Crippen LogP contribution in [0.2, 0.25) is 0 Å². The molecule has 0 saturated carbocycles. The number of unbranched alkanes of at least 4 members (excludes halogenated alkanes) is 1. The van der Waals surface area contributed by atoms with Gasteiger partial charge in [-0.15, -0.1) is 0 Å². The van der Waals surface area contributed by atoms with Crippen LogP contribution in [-0.2, 0) is 16.1 Å². The molecule has 1 aromatic rings. The molecule has 1 unspecified atom stereocenters. The van der Waals surface area contributed by atoms with Crippen LogP contribution >= 0.6 is 0 Å². The predicted octanol–water partition coefficient (Wildman–Crippen LogP) is 1.50. The fraction of sp³-hybridized carbons (Fsp3) is 0.692. The first-order chi connectivity index (χ1) is 17.0. The summed E-state index contributed by atoms with van der Waals surface area (Å²) < 4.78 is 5.63. The van der Waals surface area contributed by atoms with Gasteiger partial charge < -0.3 is 24.5 Å². The van der Waals surface area contributed by atoms with Crippen molar-refractivity contribution in [3.63, 3.8) is 0 Å². The summed E-state index contributed by atoms with van der Waals surface area (Å²) in [5.41, 5.74) is 1.38. The summed E-state index contributed by atoms with van der Waals surface area (Å²) in [5.74, 6) is -0.744. The van der Waals surface area contributed by atoms with Gasteiger partial charge in [-0.2, -0.15) is 0 Å². The molecular formula is C26H41N5O4. The normalized spacial score (nSPS) is 23.0. The highest BCUT2D eigenvalue weighted by atomic mass is 16.6. The largest absolute Gasteiger partial charge is 0.481 e. The van der Waals surface area contributed by atoms with Gasteiger partial charge in [0, 0.05) is 78.5 Å². The Morgan fingerprint density at radius 1 is 0.829 bits per heavy atom. The van der Waals surface area contributed by atoms with E-state index >= 15 is 0 Å². The predicted molar refractivity (Wildman–Crippen MR) is 134 cm³/mol. The molecule has 1 amide bonds. The zero-order valence-corrected chi connectivity index (χ0v) is 20.9. The molecule has 4 rings (SSSR count). The van der Waals surface area contributed by atoms with Crippen LogP contribution in [0.1, 0.15) is 24.8 Å². The third-order valence-corrected chi connectivity index (χ3v) is 7.38. The molecule has 35 heavy (non-hydrogen) atoms. The van der Waals surface area contributed by atoms with Crippen molar-refractivity contribution in [3.8, 4) is 0 Å². The van der Waals surface area contributed by atoms with E-state index < -0.39 is 5.97 Å². The number of carboxylic acids is 1. The van der Waals surface area contributed by atoms with Gasteiger partial charge in [0.2, 0.25) is 0 Å². The molecule has 194 valence electrons.